The Labute approximate surface area is 322 Å². The van der Waals surface area contributed by atoms with Crippen LogP contribution < -0.4 is 21.6 Å². The molecule has 0 aliphatic heterocycles. The van der Waals surface area contributed by atoms with E-state index in [1.807, 2.05) is 0 Å². The van der Waals surface area contributed by atoms with E-state index in [9.17, 15) is 27.2 Å². The van der Waals surface area contributed by atoms with Gasteiger partial charge in [-0.05, 0) is 143 Å². The van der Waals surface area contributed by atoms with E-state index in [1.54, 1.807) is 36.4 Å². The number of hydroxylamine groups is 2. The van der Waals surface area contributed by atoms with Crippen molar-refractivity contribution in [1.29, 1.82) is 0 Å². The maximum Gasteiger partial charge on any atom is 0.277 e. The highest BCUT2D eigenvalue weighted by Crippen LogP contribution is 2.34. The van der Waals surface area contributed by atoms with E-state index < -0.39 is 35.1 Å². The Hall–Kier alpha value is -2.90. The first kappa shape index (κ1) is 38.3. The molecule has 8 nitrogen and oxygen atoms in total. The largest absolute Gasteiger partial charge is 0.351 e. The van der Waals surface area contributed by atoms with E-state index in [1.165, 1.54) is 12.1 Å². The third kappa shape index (κ3) is 10.6. The van der Waals surface area contributed by atoms with Gasteiger partial charge in [-0.25, -0.2) is 28.5 Å². The van der Waals surface area contributed by atoms with Crippen molar-refractivity contribution in [3.8, 4) is 0 Å². The molecule has 0 spiro atoms. The maximum atomic E-state index is 14.3. The van der Waals surface area contributed by atoms with Gasteiger partial charge in [0.05, 0.1) is 57.1 Å². The Kier molecular flexibility index (Phi) is 13.5. The van der Waals surface area contributed by atoms with Gasteiger partial charge in [0.2, 0.25) is 0 Å². The van der Waals surface area contributed by atoms with Gasteiger partial charge in [0.1, 0.15) is 0 Å². The molecule has 264 valence electrons. The van der Waals surface area contributed by atoms with Gasteiger partial charge in [0.15, 0.2) is 23.3 Å². The maximum absolute atomic E-state index is 14.3. The van der Waals surface area contributed by atoms with Gasteiger partial charge in [-0.1, -0.05) is 23.2 Å². The lowest BCUT2D eigenvalue weighted by Gasteiger charge is -2.15. The van der Waals surface area contributed by atoms with Crippen molar-refractivity contribution in [1.82, 2.24) is 11.0 Å². The van der Waals surface area contributed by atoms with Crippen molar-refractivity contribution in [3.63, 3.8) is 0 Å². The lowest BCUT2D eigenvalue weighted by molar-refractivity contribution is 0.0268. The average Bonchev–Trinajstić information content (AvgIpc) is 4.01. The minimum absolute atomic E-state index is 0.0793. The second kappa shape index (κ2) is 17.5. The van der Waals surface area contributed by atoms with Gasteiger partial charge in [0.25, 0.3) is 11.8 Å². The zero-order chi connectivity index (χ0) is 35.9. The molecule has 2 aliphatic rings. The fourth-order valence-corrected chi connectivity index (χ4v) is 6.11. The molecule has 2 saturated carbocycles. The first-order chi connectivity index (χ1) is 23.9. The number of carbonyl (C=O) groups excluding carboxylic acids is 2. The van der Waals surface area contributed by atoms with Crippen molar-refractivity contribution in [2.24, 2.45) is 11.8 Å². The van der Waals surface area contributed by atoms with E-state index in [0.29, 0.717) is 46.5 Å². The Morgan fingerprint density at radius 2 is 1.02 bits per heavy atom. The van der Waals surface area contributed by atoms with Crippen molar-refractivity contribution in [2.75, 3.05) is 23.8 Å². The highest BCUT2D eigenvalue weighted by Gasteiger charge is 2.25. The molecule has 0 heterocycles. The van der Waals surface area contributed by atoms with Crippen molar-refractivity contribution >= 4 is 103 Å². The quantitative estimate of drug-likeness (QED) is 0.0642. The number of hydrogen-bond donors (Lipinski definition) is 4. The summed E-state index contributed by atoms with van der Waals surface area (Å²) in [5.74, 6) is -4.89. The summed E-state index contributed by atoms with van der Waals surface area (Å²) in [6.45, 7) is 0.808. The third-order valence-electron chi connectivity index (χ3n) is 7.42. The molecule has 16 heteroatoms. The Balaban J connectivity index is 0.000000194. The molecule has 2 fully saturated rings. The van der Waals surface area contributed by atoms with Crippen LogP contribution in [-0.2, 0) is 9.68 Å². The van der Waals surface area contributed by atoms with E-state index in [2.05, 4.69) is 66.8 Å². The molecule has 4 aromatic carbocycles. The van der Waals surface area contributed by atoms with Crippen molar-refractivity contribution in [3.05, 3.63) is 112 Å². The first-order valence-electron chi connectivity index (χ1n) is 15.2. The molecule has 0 aromatic heterocycles. The Bertz CT molecular complexity index is 1770. The molecule has 50 heavy (non-hydrogen) atoms. The van der Waals surface area contributed by atoms with Crippen LogP contribution in [0, 0.1) is 42.2 Å². The van der Waals surface area contributed by atoms with Gasteiger partial charge in [0, 0.05) is 7.14 Å². The van der Waals surface area contributed by atoms with Crippen LogP contribution in [0.25, 0.3) is 0 Å². The highest BCUT2D eigenvalue weighted by atomic mass is 127. The molecule has 0 radical (unpaired) electrons. The smallest absolute Gasteiger partial charge is 0.277 e. The number of nitrogens with one attached hydrogen (secondary N) is 4. The van der Waals surface area contributed by atoms with Crippen LogP contribution in [0.15, 0.2) is 60.7 Å². The first-order valence-corrected chi connectivity index (χ1v) is 18.1. The number of carbonyl (C=O) groups is 2. The number of anilines is 4. The number of rotatable bonds is 12. The van der Waals surface area contributed by atoms with Gasteiger partial charge in [-0.3, -0.25) is 19.3 Å². The topological polar surface area (TPSA) is 101 Å². The Morgan fingerprint density at radius 1 is 0.640 bits per heavy atom. The number of amides is 2. The number of hydrogen-bond acceptors (Lipinski definition) is 6. The SMILES string of the molecule is O=C(NOCC1CC1)c1ccc(F)c(F)c1Nc1ccc(I)cc1Cl.O=C(NOCC1CC1)c1ccc(F)c(F)c1Nc1ccc(I)cc1Cl. The van der Waals surface area contributed by atoms with Gasteiger partial charge in [-0.2, -0.15) is 0 Å². The lowest BCUT2D eigenvalue weighted by atomic mass is 10.1. The molecular formula is C34H28Cl2F4I2N4O4. The molecule has 4 aromatic rings. The van der Waals surface area contributed by atoms with Gasteiger partial charge in [-0.15, -0.1) is 0 Å². The van der Waals surface area contributed by atoms with Gasteiger partial charge >= 0.3 is 0 Å². The molecule has 2 amide bonds. The lowest BCUT2D eigenvalue weighted by Crippen LogP contribution is -2.26. The summed E-state index contributed by atoms with van der Waals surface area (Å²) in [7, 11) is 0. The van der Waals surface area contributed by atoms with E-state index in [4.69, 9.17) is 32.9 Å². The molecule has 0 atom stereocenters. The molecule has 0 saturated heterocycles. The van der Waals surface area contributed by atoms with Crippen LogP contribution in [0.4, 0.5) is 40.3 Å². The number of benzene rings is 4. The van der Waals surface area contributed by atoms with Crippen LogP contribution in [0.2, 0.25) is 10.0 Å². The molecule has 4 N–H and O–H groups in total. The van der Waals surface area contributed by atoms with Gasteiger partial charge < -0.3 is 10.6 Å². The predicted molar refractivity (Wildman–Crippen MR) is 200 cm³/mol. The summed E-state index contributed by atoms with van der Waals surface area (Å²) < 4.78 is 57.6. The van der Waals surface area contributed by atoms with Crippen LogP contribution in [0.3, 0.4) is 0 Å². The summed E-state index contributed by atoms with van der Waals surface area (Å²) in [6.07, 6.45) is 4.27. The summed E-state index contributed by atoms with van der Waals surface area (Å²) >= 11 is 16.4. The molecular weight excluding hydrogens is 929 g/mol. The molecule has 6 rings (SSSR count). The van der Waals surface area contributed by atoms with Crippen molar-refractivity contribution < 1.29 is 36.8 Å². The Morgan fingerprint density at radius 3 is 1.36 bits per heavy atom. The number of halogens is 8. The third-order valence-corrected chi connectivity index (χ3v) is 9.39. The monoisotopic (exact) mass is 956 g/mol. The minimum Gasteiger partial charge on any atom is -0.351 e. The van der Waals surface area contributed by atoms with Crippen LogP contribution in [0.1, 0.15) is 46.4 Å². The summed E-state index contributed by atoms with van der Waals surface area (Å²) in [6, 6.07) is 14.3. The van der Waals surface area contributed by atoms with Crippen LogP contribution in [0.5, 0.6) is 0 Å². The zero-order valence-corrected chi connectivity index (χ0v) is 31.7. The molecule has 0 bridgehead atoms. The molecule has 2 aliphatic carbocycles. The predicted octanol–water partition coefficient (Wildman–Crippen LogP) is 10.1. The second-order valence-corrected chi connectivity index (χ2v) is 14.7. The normalized spacial score (nSPS) is 13.6. The zero-order valence-electron chi connectivity index (χ0n) is 25.8. The highest BCUT2D eigenvalue weighted by molar-refractivity contribution is 14.1. The average molecular weight is 957 g/mol. The van der Waals surface area contributed by atoms with Crippen LogP contribution in [-0.4, -0.2) is 25.0 Å². The van der Waals surface area contributed by atoms with E-state index >= 15 is 0 Å². The summed E-state index contributed by atoms with van der Waals surface area (Å²) in [4.78, 5) is 34.8. The minimum atomic E-state index is -1.16. The molecule has 0 unspecified atom stereocenters. The van der Waals surface area contributed by atoms with Crippen molar-refractivity contribution in [2.45, 2.75) is 25.7 Å². The summed E-state index contributed by atoms with van der Waals surface area (Å²) in [5, 5.41) is 6.06. The standard InChI is InChI=1S/2C17H14ClF2IN2O2/c2*18-12-7-10(21)3-6-14(12)22-16-11(4-5-13(19)15(16)20)17(24)23-25-8-9-1-2-9/h2*3-7,9,22H,1-2,8H2,(H,23,24). The van der Waals surface area contributed by atoms with Crippen LogP contribution >= 0.6 is 68.4 Å². The second-order valence-electron chi connectivity index (χ2n) is 11.4. The fraction of sp³-hybridized carbons (Fsp3) is 0.235. The van der Waals surface area contributed by atoms with E-state index in [0.717, 1.165) is 45.0 Å². The summed E-state index contributed by atoms with van der Waals surface area (Å²) in [5.41, 5.74) is 4.50. The fourth-order valence-electron chi connectivity index (χ4n) is 4.30. The van der Waals surface area contributed by atoms with E-state index in [-0.39, 0.29) is 22.5 Å².